The second kappa shape index (κ2) is 7.68. The highest BCUT2D eigenvalue weighted by Crippen LogP contribution is 2.25. The molecule has 118 valence electrons. The molecule has 3 atom stereocenters. The molecule has 22 heavy (non-hydrogen) atoms. The van der Waals surface area contributed by atoms with Gasteiger partial charge in [-0.3, -0.25) is 4.79 Å². The van der Waals surface area contributed by atoms with Crippen LogP contribution in [0.2, 0.25) is 0 Å². The van der Waals surface area contributed by atoms with Crippen molar-refractivity contribution in [1.82, 2.24) is 0 Å². The molecule has 0 bridgehead atoms. The number of hydrogen-bond acceptors (Lipinski definition) is 5. The van der Waals surface area contributed by atoms with E-state index in [1.54, 1.807) is 14.0 Å². The van der Waals surface area contributed by atoms with Gasteiger partial charge in [0.25, 0.3) is 0 Å². The minimum absolute atomic E-state index is 0.191. The zero-order chi connectivity index (χ0) is 15.9. The first kappa shape index (κ1) is 16.1. The van der Waals surface area contributed by atoms with Crippen LogP contribution in [-0.2, 0) is 20.7 Å². The van der Waals surface area contributed by atoms with Crippen molar-refractivity contribution in [2.45, 2.75) is 38.0 Å². The van der Waals surface area contributed by atoms with Crippen molar-refractivity contribution < 1.29 is 19.0 Å². The maximum atomic E-state index is 11.6. The third-order valence-corrected chi connectivity index (χ3v) is 3.46. The van der Waals surface area contributed by atoms with E-state index in [2.05, 4.69) is 10.0 Å². The standard InChI is InChI=1S/C15H19N3O4/c1-3-14(19)22-15(13-9-21-13)12(17-18-16)8-10-4-6-11(20-2)7-5-10/h4-7,12-13,15H,3,8-9H2,1-2H3/t12-,13+,15+/m1/s1. The molecule has 1 aliphatic heterocycles. The van der Waals surface area contributed by atoms with Crippen LogP contribution in [0.4, 0.5) is 0 Å². The quantitative estimate of drug-likeness (QED) is 0.242. The van der Waals surface area contributed by atoms with Crippen molar-refractivity contribution >= 4 is 5.97 Å². The van der Waals surface area contributed by atoms with Crippen LogP contribution in [0.15, 0.2) is 29.4 Å². The summed E-state index contributed by atoms with van der Waals surface area (Å²) in [6.07, 6.45) is -0.000623. The van der Waals surface area contributed by atoms with E-state index in [-0.39, 0.29) is 18.5 Å². The maximum absolute atomic E-state index is 11.6. The highest BCUT2D eigenvalue weighted by molar-refractivity contribution is 5.69. The average Bonchev–Trinajstić information content (AvgIpc) is 3.37. The molecule has 0 aliphatic carbocycles. The first-order valence-electron chi connectivity index (χ1n) is 7.16. The lowest BCUT2D eigenvalue weighted by atomic mass is 10.00. The molecule has 0 aromatic heterocycles. The number of esters is 1. The lowest BCUT2D eigenvalue weighted by molar-refractivity contribution is -0.150. The van der Waals surface area contributed by atoms with Gasteiger partial charge in [0.2, 0.25) is 0 Å². The smallest absolute Gasteiger partial charge is 0.305 e. The SMILES string of the molecule is CCC(=O)O[C@H]([C@@H]1CO1)[C@@H](Cc1ccc(OC)cc1)N=[N+]=[N-]. The predicted molar refractivity (Wildman–Crippen MR) is 79.5 cm³/mol. The molecule has 1 heterocycles. The van der Waals surface area contributed by atoms with Gasteiger partial charge < -0.3 is 14.2 Å². The van der Waals surface area contributed by atoms with E-state index in [1.807, 2.05) is 24.3 Å². The number of epoxide rings is 1. The number of ether oxygens (including phenoxy) is 3. The molecule has 1 aromatic carbocycles. The molecular weight excluding hydrogens is 286 g/mol. The minimum atomic E-state index is -0.551. The molecule has 2 rings (SSSR count). The van der Waals surface area contributed by atoms with E-state index in [0.29, 0.717) is 13.0 Å². The number of methoxy groups -OCH3 is 1. The van der Waals surface area contributed by atoms with Gasteiger partial charge in [0.1, 0.15) is 18.0 Å². The number of carbonyl (C=O) groups is 1. The Morgan fingerprint density at radius 3 is 2.68 bits per heavy atom. The van der Waals surface area contributed by atoms with Gasteiger partial charge in [-0.25, -0.2) is 0 Å². The molecule has 0 saturated carbocycles. The van der Waals surface area contributed by atoms with Crippen molar-refractivity contribution in [2.75, 3.05) is 13.7 Å². The summed E-state index contributed by atoms with van der Waals surface area (Å²) in [7, 11) is 1.60. The second-order valence-electron chi connectivity index (χ2n) is 5.00. The topological polar surface area (TPSA) is 96.8 Å². The van der Waals surface area contributed by atoms with Gasteiger partial charge in [0.05, 0.1) is 19.8 Å². The van der Waals surface area contributed by atoms with Crippen LogP contribution >= 0.6 is 0 Å². The molecule has 7 nitrogen and oxygen atoms in total. The van der Waals surface area contributed by atoms with Crippen LogP contribution in [0.3, 0.4) is 0 Å². The van der Waals surface area contributed by atoms with E-state index >= 15 is 0 Å². The van der Waals surface area contributed by atoms with Crippen LogP contribution in [0.25, 0.3) is 10.4 Å². The van der Waals surface area contributed by atoms with Gasteiger partial charge >= 0.3 is 5.97 Å². The lowest BCUT2D eigenvalue weighted by Crippen LogP contribution is -2.36. The van der Waals surface area contributed by atoms with Gasteiger partial charge in [-0.15, -0.1) is 0 Å². The fraction of sp³-hybridized carbons (Fsp3) is 0.533. The summed E-state index contributed by atoms with van der Waals surface area (Å²) in [6.45, 7) is 2.24. The molecule has 7 heteroatoms. The van der Waals surface area contributed by atoms with Gasteiger partial charge in [-0.05, 0) is 29.6 Å². The first-order valence-corrected chi connectivity index (χ1v) is 7.16. The van der Waals surface area contributed by atoms with Crippen LogP contribution in [-0.4, -0.2) is 37.9 Å². The Balaban J connectivity index is 2.12. The van der Waals surface area contributed by atoms with E-state index in [9.17, 15) is 4.79 Å². The van der Waals surface area contributed by atoms with Crippen molar-refractivity contribution in [3.8, 4) is 5.75 Å². The molecule has 1 aromatic rings. The third-order valence-electron chi connectivity index (χ3n) is 3.46. The predicted octanol–water partition coefficient (Wildman–Crippen LogP) is 2.64. The van der Waals surface area contributed by atoms with Crippen molar-refractivity contribution in [3.63, 3.8) is 0 Å². The maximum Gasteiger partial charge on any atom is 0.305 e. The fourth-order valence-corrected chi connectivity index (χ4v) is 2.17. The Labute approximate surface area is 128 Å². The summed E-state index contributed by atoms with van der Waals surface area (Å²) in [6, 6.07) is 6.96. The molecule has 1 saturated heterocycles. The number of hydrogen-bond donors (Lipinski definition) is 0. The number of rotatable bonds is 8. The molecule has 1 fully saturated rings. The van der Waals surface area contributed by atoms with Crippen molar-refractivity contribution in [1.29, 1.82) is 0 Å². The molecular formula is C15H19N3O4. The summed E-state index contributed by atoms with van der Waals surface area (Å²) < 4.78 is 15.8. The Bertz CT molecular complexity index is 550. The number of azide groups is 1. The third kappa shape index (κ3) is 4.38. The zero-order valence-corrected chi connectivity index (χ0v) is 12.6. The van der Waals surface area contributed by atoms with Gasteiger partial charge in [0, 0.05) is 11.3 Å². The van der Waals surface area contributed by atoms with E-state index in [4.69, 9.17) is 19.7 Å². The number of nitrogens with zero attached hydrogens (tertiary/aromatic N) is 3. The molecule has 0 unspecified atom stereocenters. The van der Waals surface area contributed by atoms with Gasteiger partial charge in [-0.1, -0.05) is 24.2 Å². The van der Waals surface area contributed by atoms with E-state index in [1.165, 1.54) is 0 Å². The van der Waals surface area contributed by atoms with E-state index in [0.717, 1.165) is 11.3 Å². The van der Waals surface area contributed by atoms with E-state index < -0.39 is 12.1 Å². The highest BCUT2D eigenvalue weighted by Gasteiger charge is 2.40. The van der Waals surface area contributed by atoms with Crippen molar-refractivity contribution in [3.05, 3.63) is 40.3 Å². The monoisotopic (exact) mass is 305 g/mol. The summed E-state index contributed by atoms with van der Waals surface area (Å²) in [5, 5.41) is 3.80. The van der Waals surface area contributed by atoms with Crippen LogP contribution in [0.1, 0.15) is 18.9 Å². The Morgan fingerprint density at radius 2 is 2.18 bits per heavy atom. The largest absolute Gasteiger partial charge is 0.497 e. The summed E-state index contributed by atoms with van der Waals surface area (Å²) >= 11 is 0. The zero-order valence-electron chi connectivity index (χ0n) is 12.6. The van der Waals surface area contributed by atoms with Crippen LogP contribution < -0.4 is 4.74 Å². The molecule has 0 amide bonds. The minimum Gasteiger partial charge on any atom is -0.497 e. The lowest BCUT2D eigenvalue weighted by Gasteiger charge is -2.22. The highest BCUT2D eigenvalue weighted by atomic mass is 16.6. The molecule has 0 spiro atoms. The summed E-state index contributed by atoms with van der Waals surface area (Å²) in [5.41, 5.74) is 9.77. The molecule has 0 N–H and O–H groups in total. The Kier molecular flexibility index (Phi) is 5.63. The summed E-state index contributed by atoms with van der Waals surface area (Å²) in [4.78, 5) is 14.5. The number of carbonyl (C=O) groups excluding carboxylic acids is 1. The summed E-state index contributed by atoms with van der Waals surface area (Å²) in [5.74, 6) is 0.428. The number of benzene rings is 1. The van der Waals surface area contributed by atoms with Crippen LogP contribution in [0.5, 0.6) is 5.75 Å². The Hall–Kier alpha value is -2.24. The normalized spacial score (nSPS) is 18.7. The fourth-order valence-electron chi connectivity index (χ4n) is 2.17. The Morgan fingerprint density at radius 1 is 1.50 bits per heavy atom. The molecule has 0 radical (unpaired) electrons. The second-order valence-corrected chi connectivity index (χ2v) is 5.00. The van der Waals surface area contributed by atoms with Crippen LogP contribution in [0, 0.1) is 0 Å². The van der Waals surface area contributed by atoms with Gasteiger partial charge in [0.15, 0.2) is 0 Å². The average molecular weight is 305 g/mol. The van der Waals surface area contributed by atoms with Gasteiger partial charge in [-0.2, -0.15) is 0 Å². The van der Waals surface area contributed by atoms with Crippen molar-refractivity contribution in [2.24, 2.45) is 5.11 Å². The first-order chi connectivity index (χ1) is 10.7. The molecule has 1 aliphatic rings.